The number of hydrogen-bond donors (Lipinski definition) is 0. The summed E-state index contributed by atoms with van der Waals surface area (Å²) in [5, 5.41) is 0. The predicted molar refractivity (Wildman–Crippen MR) is 132 cm³/mol. The van der Waals surface area contributed by atoms with Gasteiger partial charge in [-0.3, -0.25) is 0 Å². The molecule has 11 fully saturated rings. The van der Waals surface area contributed by atoms with Gasteiger partial charge < -0.3 is 0 Å². The second-order valence-corrected chi connectivity index (χ2v) is 15.3. The molecule has 0 heterocycles. The summed E-state index contributed by atoms with van der Waals surface area (Å²) in [6.07, 6.45) is 28.9. The maximum Gasteiger partial charge on any atom is -0.0323 e. The molecule has 0 aromatic rings. The SMILES string of the molecule is C1C2CC3CC1CC(C2)C3.C1CC2C3CCC(C3)C2C1.C1CC2CC1C1C3CCC(C3)C21. The molecule has 11 rings (SSSR count). The van der Waals surface area contributed by atoms with E-state index in [1.165, 1.54) is 82.9 Å². The maximum absolute atomic E-state index is 1.64. The lowest BCUT2D eigenvalue weighted by atomic mass is 9.56. The van der Waals surface area contributed by atoms with E-state index in [1.54, 1.807) is 116 Å². The van der Waals surface area contributed by atoms with Crippen LogP contribution in [0.25, 0.3) is 0 Å². The van der Waals surface area contributed by atoms with Crippen molar-refractivity contribution < 1.29 is 0 Å². The molecule has 11 aliphatic rings. The number of hydrogen-bond acceptors (Lipinski definition) is 0. The molecule has 10 bridgehead atoms. The van der Waals surface area contributed by atoms with Gasteiger partial charge in [-0.2, -0.15) is 0 Å². The van der Waals surface area contributed by atoms with Gasteiger partial charge in [0.2, 0.25) is 0 Å². The summed E-state index contributed by atoms with van der Waals surface area (Å²) in [6, 6.07) is 0. The Hall–Kier alpha value is 0. The molecule has 0 heteroatoms. The van der Waals surface area contributed by atoms with E-state index < -0.39 is 0 Å². The molecular weight excluding hydrogens is 384 g/mol. The summed E-state index contributed by atoms with van der Waals surface area (Å²) in [4.78, 5) is 0. The van der Waals surface area contributed by atoms with Crippen molar-refractivity contribution in [2.75, 3.05) is 0 Å². The van der Waals surface area contributed by atoms with Crippen LogP contribution in [0.4, 0.5) is 0 Å². The third-order valence-corrected chi connectivity index (χ3v) is 14.0. The van der Waals surface area contributed by atoms with Crippen LogP contribution in [0.1, 0.15) is 116 Å². The van der Waals surface area contributed by atoms with Crippen LogP contribution in [0.3, 0.4) is 0 Å². The van der Waals surface area contributed by atoms with E-state index in [9.17, 15) is 0 Å². The van der Waals surface area contributed by atoms with Crippen molar-refractivity contribution in [3.63, 3.8) is 0 Å². The molecule has 0 nitrogen and oxygen atoms in total. The van der Waals surface area contributed by atoms with Gasteiger partial charge >= 0.3 is 0 Å². The number of fused-ring (bicyclic) bond motifs is 14. The van der Waals surface area contributed by atoms with Crippen LogP contribution in [-0.4, -0.2) is 0 Å². The lowest BCUT2D eigenvalue weighted by molar-refractivity contribution is 0.0198. The standard InChI is InChI=1S/C12H18.2C10H16/c1-2-8-5-7(1)11-9-3-4-10(6-9)12(8)11;1-7-2-9-4-8(1)5-10(3-7)6-9;1-2-9-7-4-5-8(6-7)10(9)3-1/h7-12H,1-6H2;2*7-10H,1-6H2. The van der Waals surface area contributed by atoms with Gasteiger partial charge in [0.15, 0.2) is 0 Å². The van der Waals surface area contributed by atoms with Gasteiger partial charge in [0.1, 0.15) is 0 Å². The van der Waals surface area contributed by atoms with Gasteiger partial charge in [-0.05, 0) is 192 Å². The highest BCUT2D eigenvalue weighted by molar-refractivity contribution is 5.08. The highest BCUT2D eigenvalue weighted by atomic mass is 14.6. The summed E-state index contributed by atoms with van der Waals surface area (Å²) >= 11 is 0. The van der Waals surface area contributed by atoms with E-state index >= 15 is 0 Å². The van der Waals surface area contributed by atoms with Crippen molar-refractivity contribution in [2.24, 2.45) is 82.9 Å². The predicted octanol–water partition coefficient (Wildman–Crippen LogP) is 8.74. The van der Waals surface area contributed by atoms with Gasteiger partial charge in [-0.1, -0.05) is 6.42 Å². The quantitative estimate of drug-likeness (QED) is 0.334. The average Bonchev–Trinajstić information content (AvgIpc) is 3.61. The Morgan fingerprint density at radius 1 is 0.281 bits per heavy atom. The smallest absolute Gasteiger partial charge is 0.0323 e. The molecule has 8 unspecified atom stereocenters. The molecule has 0 aliphatic heterocycles. The third-order valence-electron chi connectivity index (χ3n) is 14.0. The highest BCUT2D eigenvalue weighted by Crippen LogP contribution is 2.67. The normalized spacial score (nSPS) is 60.8. The zero-order valence-electron chi connectivity index (χ0n) is 20.8. The Morgan fingerprint density at radius 3 is 0.969 bits per heavy atom. The fourth-order valence-corrected chi connectivity index (χ4v) is 13.5. The van der Waals surface area contributed by atoms with Crippen molar-refractivity contribution in [3.8, 4) is 0 Å². The Labute approximate surface area is 198 Å². The highest BCUT2D eigenvalue weighted by Gasteiger charge is 2.59. The molecule has 32 heavy (non-hydrogen) atoms. The van der Waals surface area contributed by atoms with Crippen molar-refractivity contribution >= 4 is 0 Å². The first-order valence-electron chi connectivity index (χ1n) is 15.8. The van der Waals surface area contributed by atoms with Gasteiger partial charge in [0.25, 0.3) is 0 Å². The molecular formula is C32H50. The van der Waals surface area contributed by atoms with Gasteiger partial charge in [-0.25, -0.2) is 0 Å². The monoisotopic (exact) mass is 434 g/mol. The average molecular weight is 435 g/mol. The van der Waals surface area contributed by atoms with Gasteiger partial charge in [0, 0.05) is 0 Å². The van der Waals surface area contributed by atoms with E-state index in [2.05, 4.69) is 0 Å². The van der Waals surface area contributed by atoms with E-state index in [0.29, 0.717) is 0 Å². The zero-order chi connectivity index (χ0) is 20.8. The summed E-state index contributed by atoms with van der Waals surface area (Å²) in [7, 11) is 0. The van der Waals surface area contributed by atoms with Crippen LogP contribution in [0.15, 0.2) is 0 Å². The molecule has 0 N–H and O–H groups in total. The van der Waals surface area contributed by atoms with Crippen LogP contribution in [0, 0.1) is 82.9 Å². The molecule has 0 amide bonds. The molecule has 0 aromatic heterocycles. The van der Waals surface area contributed by atoms with Crippen molar-refractivity contribution in [3.05, 3.63) is 0 Å². The first kappa shape index (κ1) is 20.2. The first-order chi connectivity index (χ1) is 15.8. The molecule has 0 aromatic carbocycles. The topological polar surface area (TPSA) is 0 Å². The molecule has 11 saturated carbocycles. The van der Waals surface area contributed by atoms with E-state index in [4.69, 9.17) is 0 Å². The minimum Gasteiger partial charge on any atom is -0.0527 e. The van der Waals surface area contributed by atoms with Crippen molar-refractivity contribution in [1.82, 2.24) is 0 Å². The zero-order valence-corrected chi connectivity index (χ0v) is 20.8. The fourth-order valence-electron chi connectivity index (χ4n) is 13.5. The minimum absolute atomic E-state index is 1.18. The van der Waals surface area contributed by atoms with Crippen LogP contribution in [0.2, 0.25) is 0 Å². The number of rotatable bonds is 0. The van der Waals surface area contributed by atoms with Crippen molar-refractivity contribution in [2.45, 2.75) is 116 Å². The third kappa shape index (κ3) is 3.19. The lowest BCUT2D eigenvalue weighted by Crippen LogP contribution is -2.38. The molecule has 8 atom stereocenters. The summed E-state index contributed by atoms with van der Waals surface area (Å²) in [6.45, 7) is 0. The molecule has 0 spiro atoms. The van der Waals surface area contributed by atoms with Crippen molar-refractivity contribution in [1.29, 1.82) is 0 Å². The molecule has 0 saturated heterocycles. The second kappa shape index (κ2) is 7.75. The fraction of sp³-hybridized carbons (Fsp3) is 1.00. The Balaban J connectivity index is 0.0000000798. The first-order valence-corrected chi connectivity index (χ1v) is 15.8. The Kier molecular flexibility index (Phi) is 4.90. The molecule has 0 radical (unpaired) electrons. The minimum atomic E-state index is 1.18. The van der Waals surface area contributed by atoms with Gasteiger partial charge in [-0.15, -0.1) is 0 Å². The van der Waals surface area contributed by atoms with E-state index in [-0.39, 0.29) is 0 Å². The van der Waals surface area contributed by atoms with Gasteiger partial charge in [0.05, 0.1) is 0 Å². The summed E-state index contributed by atoms with van der Waals surface area (Å²) in [5.41, 5.74) is 0. The summed E-state index contributed by atoms with van der Waals surface area (Å²) < 4.78 is 0. The van der Waals surface area contributed by atoms with Crippen LogP contribution >= 0.6 is 0 Å². The Bertz CT molecular complexity index is 590. The van der Waals surface area contributed by atoms with Crippen LogP contribution in [0.5, 0.6) is 0 Å². The largest absolute Gasteiger partial charge is 0.0527 e. The Morgan fingerprint density at radius 2 is 0.594 bits per heavy atom. The van der Waals surface area contributed by atoms with E-state index in [1.807, 2.05) is 0 Å². The van der Waals surface area contributed by atoms with E-state index in [0.717, 1.165) is 0 Å². The lowest BCUT2D eigenvalue weighted by Gasteiger charge is -2.49. The van der Waals surface area contributed by atoms with Crippen LogP contribution in [-0.2, 0) is 0 Å². The van der Waals surface area contributed by atoms with Crippen LogP contribution < -0.4 is 0 Å². The summed E-state index contributed by atoms with van der Waals surface area (Å²) in [5.74, 6) is 16.8. The maximum atomic E-state index is 1.64. The molecule has 11 aliphatic carbocycles. The molecule has 178 valence electrons. The second-order valence-electron chi connectivity index (χ2n) is 15.3.